The van der Waals surface area contributed by atoms with E-state index < -0.39 is 0 Å². The van der Waals surface area contributed by atoms with Gasteiger partial charge in [0.25, 0.3) is 0 Å². The molecule has 1 aromatic heterocycles. The molecule has 0 radical (unpaired) electrons. The fourth-order valence-electron chi connectivity index (χ4n) is 1.68. The Morgan fingerprint density at radius 3 is 2.50 bits per heavy atom. The summed E-state index contributed by atoms with van der Waals surface area (Å²) in [5.74, 6) is 0.518. The van der Waals surface area contributed by atoms with Crippen LogP contribution in [-0.2, 0) is 0 Å². The first-order chi connectivity index (χ1) is 8.60. The third kappa shape index (κ3) is 2.58. The van der Waals surface area contributed by atoms with Gasteiger partial charge in [-0.3, -0.25) is 0 Å². The Hall–Kier alpha value is -2.12. The van der Waals surface area contributed by atoms with Crippen molar-refractivity contribution in [2.24, 2.45) is 0 Å². The highest BCUT2D eigenvalue weighted by atomic mass is 35.5. The van der Waals surface area contributed by atoms with Crippen LogP contribution in [0.25, 0.3) is 0 Å². The Bertz CT molecular complexity index is 611. The highest BCUT2D eigenvalue weighted by molar-refractivity contribution is 6.28. The minimum Gasteiger partial charge on any atom is -0.340 e. The molecule has 0 amide bonds. The highest BCUT2D eigenvalue weighted by Gasteiger charge is 2.06. The van der Waals surface area contributed by atoms with Crippen molar-refractivity contribution in [1.82, 2.24) is 9.97 Å². The first-order valence-electron chi connectivity index (χ1n) is 5.38. The molecule has 0 bridgehead atoms. The van der Waals surface area contributed by atoms with E-state index in [0.29, 0.717) is 5.82 Å². The largest absolute Gasteiger partial charge is 0.340 e. The molecule has 0 aliphatic rings. The Morgan fingerprint density at radius 1 is 1.22 bits per heavy atom. The van der Waals surface area contributed by atoms with Gasteiger partial charge in [0.05, 0.1) is 0 Å². The van der Waals surface area contributed by atoms with Crippen molar-refractivity contribution in [2.45, 2.75) is 13.8 Å². The molecule has 0 saturated carbocycles. The van der Waals surface area contributed by atoms with Gasteiger partial charge < -0.3 is 5.32 Å². The second-order valence-corrected chi connectivity index (χ2v) is 4.25. The van der Waals surface area contributed by atoms with E-state index in [1.54, 1.807) is 6.07 Å². The molecule has 0 atom stereocenters. The minimum atomic E-state index is 0.0581. The Morgan fingerprint density at radius 2 is 1.89 bits per heavy atom. The number of aryl methyl sites for hydroxylation is 2. The summed E-state index contributed by atoms with van der Waals surface area (Å²) in [6.45, 7) is 4.01. The second-order valence-electron chi connectivity index (χ2n) is 3.91. The number of para-hydroxylation sites is 1. The predicted octanol–water partition coefficient (Wildman–Crippen LogP) is 3.36. The van der Waals surface area contributed by atoms with Crippen LogP contribution >= 0.6 is 11.6 Å². The number of nitrogens with one attached hydrogen (secondary N) is 1. The molecule has 1 heterocycles. The van der Waals surface area contributed by atoms with Crippen molar-refractivity contribution in [3.05, 3.63) is 46.4 Å². The second kappa shape index (κ2) is 5.03. The fraction of sp³-hybridized carbons (Fsp3) is 0.154. The van der Waals surface area contributed by atoms with E-state index in [4.69, 9.17) is 16.9 Å². The third-order valence-corrected chi connectivity index (χ3v) is 2.72. The summed E-state index contributed by atoms with van der Waals surface area (Å²) in [4.78, 5) is 7.84. The van der Waals surface area contributed by atoms with Crippen LogP contribution in [0.4, 0.5) is 11.5 Å². The molecule has 5 heteroatoms. The smallest absolute Gasteiger partial charge is 0.225 e. The highest BCUT2D eigenvalue weighted by Crippen LogP contribution is 2.23. The molecule has 90 valence electrons. The first-order valence-corrected chi connectivity index (χ1v) is 5.76. The van der Waals surface area contributed by atoms with Gasteiger partial charge in [0.1, 0.15) is 17.6 Å². The Kier molecular flexibility index (Phi) is 3.45. The van der Waals surface area contributed by atoms with Crippen LogP contribution in [0.2, 0.25) is 5.28 Å². The molecule has 0 aliphatic heterocycles. The van der Waals surface area contributed by atoms with E-state index in [1.807, 2.05) is 38.1 Å². The summed E-state index contributed by atoms with van der Waals surface area (Å²) in [6, 6.07) is 9.51. The van der Waals surface area contributed by atoms with Gasteiger partial charge in [-0.05, 0) is 36.6 Å². The summed E-state index contributed by atoms with van der Waals surface area (Å²) in [5.41, 5.74) is 3.41. The number of nitrogens with zero attached hydrogens (tertiary/aromatic N) is 3. The number of anilines is 2. The third-order valence-electron chi connectivity index (χ3n) is 2.55. The number of nitriles is 1. The molecule has 0 aliphatic carbocycles. The van der Waals surface area contributed by atoms with Gasteiger partial charge in [-0.2, -0.15) is 5.26 Å². The Labute approximate surface area is 110 Å². The van der Waals surface area contributed by atoms with Crippen LogP contribution in [0.1, 0.15) is 16.8 Å². The molecule has 4 nitrogen and oxygen atoms in total. The van der Waals surface area contributed by atoms with Gasteiger partial charge in [0.15, 0.2) is 0 Å². The van der Waals surface area contributed by atoms with E-state index in [0.717, 1.165) is 16.8 Å². The van der Waals surface area contributed by atoms with Gasteiger partial charge in [0.2, 0.25) is 5.28 Å². The van der Waals surface area contributed by atoms with E-state index in [1.165, 1.54) is 0 Å². The number of hydrogen-bond acceptors (Lipinski definition) is 4. The van der Waals surface area contributed by atoms with Gasteiger partial charge >= 0.3 is 0 Å². The lowest BCUT2D eigenvalue weighted by atomic mass is 10.1. The SMILES string of the molecule is Cc1cccc(C)c1Nc1cc(C#N)nc(Cl)n1. The van der Waals surface area contributed by atoms with E-state index in [9.17, 15) is 0 Å². The van der Waals surface area contributed by atoms with Crippen molar-refractivity contribution in [1.29, 1.82) is 5.26 Å². The molecule has 18 heavy (non-hydrogen) atoms. The first kappa shape index (κ1) is 12.3. The molecule has 2 rings (SSSR count). The lowest BCUT2D eigenvalue weighted by Crippen LogP contribution is -2.00. The summed E-state index contributed by atoms with van der Waals surface area (Å²) in [5, 5.41) is 12.1. The zero-order valence-electron chi connectivity index (χ0n) is 10.0. The standard InChI is InChI=1S/C13H11ClN4/c1-8-4-3-5-9(2)12(8)17-11-6-10(7-15)16-13(14)18-11/h3-6H,1-2H3,(H,16,17,18). The summed E-state index contributed by atoms with van der Waals surface area (Å²) >= 11 is 5.76. The molecule has 1 N–H and O–H groups in total. The van der Waals surface area contributed by atoms with Crippen molar-refractivity contribution < 1.29 is 0 Å². The average Bonchev–Trinajstić information content (AvgIpc) is 2.33. The zero-order chi connectivity index (χ0) is 13.1. The number of benzene rings is 1. The number of aromatic nitrogens is 2. The van der Waals surface area contributed by atoms with Crippen LogP contribution in [0.15, 0.2) is 24.3 Å². The number of hydrogen-bond donors (Lipinski definition) is 1. The average molecular weight is 259 g/mol. The van der Waals surface area contributed by atoms with Crippen molar-refractivity contribution in [2.75, 3.05) is 5.32 Å². The lowest BCUT2D eigenvalue weighted by molar-refractivity contribution is 1.14. The van der Waals surface area contributed by atoms with Crippen molar-refractivity contribution in [3.8, 4) is 6.07 Å². The van der Waals surface area contributed by atoms with Crippen LogP contribution in [0.3, 0.4) is 0 Å². The summed E-state index contributed by atoms with van der Waals surface area (Å²) < 4.78 is 0. The summed E-state index contributed by atoms with van der Waals surface area (Å²) in [7, 11) is 0. The minimum absolute atomic E-state index is 0.0581. The maximum absolute atomic E-state index is 8.84. The number of halogens is 1. The maximum Gasteiger partial charge on any atom is 0.225 e. The molecule has 0 fully saturated rings. The molecular formula is C13H11ClN4. The van der Waals surface area contributed by atoms with Gasteiger partial charge in [-0.25, -0.2) is 9.97 Å². The van der Waals surface area contributed by atoms with Gasteiger partial charge in [-0.1, -0.05) is 18.2 Å². The fourth-order valence-corrected chi connectivity index (χ4v) is 1.86. The molecular weight excluding hydrogens is 248 g/mol. The normalized spacial score (nSPS) is 9.89. The van der Waals surface area contributed by atoms with Crippen LogP contribution in [0.5, 0.6) is 0 Å². The van der Waals surface area contributed by atoms with Crippen molar-refractivity contribution in [3.63, 3.8) is 0 Å². The topological polar surface area (TPSA) is 61.6 Å². The van der Waals surface area contributed by atoms with E-state index >= 15 is 0 Å². The van der Waals surface area contributed by atoms with Crippen molar-refractivity contribution >= 4 is 23.1 Å². The summed E-state index contributed by atoms with van der Waals surface area (Å²) in [6.07, 6.45) is 0. The molecule has 0 unspecified atom stereocenters. The molecule has 0 spiro atoms. The molecule has 1 aromatic carbocycles. The Balaban J connectivity index is 2.40. The molecule has 2 aromatic rings. The van der Waals surface area contributed by atoms with Gasteiger partial charge in [-0.15, -0.1) is 0 Å². The van der Waals surface area contributed by atoms with E-state index in [2.05, 4.69) is 15.3 Å². The lowest BCUT2D eigenvalue weighted by Gasteiger charge is -2.11. The van der Waals surface area contributed by atoms with Crippen LogP contribution < -0.4 is 5.32 Å². The zero-order valence-corrected chi connectivity index (χ0v) is 10.8. The monoisotopic (exact) mass is 258 g/mol. The maximum atomic E-state index is 8.84. The number of rotatable bonds is 2. The van der Waals surface area contributed by atoms with Crippen LogP contribution in [-0.4, -0.2) is 9.97 Å². The van der Waals surface area contributed by atoms with Gasteiger partial charge in [0, 0.05) is 11.8 Å². The van der Waals surface area contributed by atoms with Crippen LogP contribution in [0, 0.1) is 25.2 Å². The molecule has 0 saturated heterocycles. The quantitative estimate of drug-likeness (QED) is 0.839. The predicted molar refractivity (Wildman–Crippen MR) is 71.0 cm³/mol. The van der Waals surface area contributed by atoms with E-state index in [-0.39, 0.29) is 11.0 Å².